The summed E-state index contributed by atoms with van der Waals surface area (Å²) in [5.41, 5.74) is 43.8. The molecule has 0 nitrogen and oxygen atoms in total. The first-order valence-corrected chi connectivity index (χ1v) is 51.5. The zero-order chi connectivity index (χ0) is 90.4. The molecule has 0 radical (unpaired) electrons. The van der Waals surface area contributed by atoms with Crippen molar-refractivity contribution >= 4 is 13.3 Å². The summed E-state index contributed by atoms with van der Waals surface area (Å²) >= 11 is 0. The number of hydrogen-bond donors (Lipinski definition) is 0. The molecule has 3 aliphatic rings. The van der Waals surface area contributed by atoms with Gasteiger partial charge in [-0.25, -0.2) is 0 Å². The van der Waals surface area contributed by atoms with Gasteiger partial charge in [0.2, 0.25) is 0 Å². The van der Waals surface area contributed by atoms with Crippen molar-refractivity contribution < 1.29 is 0 Å². The molecule has 0 bridgehead atoms. The van der Waals surface area contributed by atoms with E-state index in [1.54, 1.807) is 0 Å². The van der Waals surface area contributed by atoms with Crippen LogP contribution < -0.4 is 5.19 Å². The second-order valence-electron chi connectivity index (χ2n) is 39.3. The molecule has 1 heteroatoms. The molecule has 15 aromatic rings. The van der Waals surface area contributed by atoms with Crippen LogP contribution in [0.3, 0.4) is 0 Å². The third-order valence-electron chi connectivity index (χ3n) is 29.3. The van der Waals surface area contributed by atoms with Gasteiger partial charge in [0.25, 0.3) is 0 Å². The quantitative estimate of drug-likeness (QED) is 0.0273. The number of unbranched alkanes of at least 4 members (excludes halogenated alkanes) is 2. The minimum Gasteiger partial charge on any atom is -0.103 e. The molecule has 0 saturated heterocycles. The molecule has 0 amide bonds. The molecule has 0 saturated carbocycles. The summed E-state index contributed by atoms with van der Waals surface area (Å²) in [6.45, 7) is 44.8. The third kappa shape index (κ3) is 17.8. The van der Waals surface area contributed by atoms with Crippen molar-refractivity contribution in [3.8, 4) is 100 Å². The van der Waals surface area contributed by atoms with Gasteiger partial charge in [0.15, 0.2) is 0 Å². The smallest absolute Gasteiger partial charge is 0.0775 e. The SMILES string of the molecule is C=CCCC1(c2ccc(C(C)(C)C)cc2)c2cc(-c3ccccc3)ccc2-c2ccc(-c3ccc(C(C)CC)cc3)cc21.C=CCCC1(c2ccc([Si](C)(C)C)cc2)c2cc(-c3ccccc3)ccc2-c2ccc(-c3ccc(C(C)CC)cc3)cc21.C=CCCCCC1(c2cc(C)ccc2C)c2cc(-c3ccccc3)ccc2-c2ccc(-c3ccc(C(C)CC)cc3)cc21. The first-order chi connectivity index (χ1) is 62.5. The monoisotopic (exact) mass is 1700 g/mol. The Hall–Kier alpha value is -12.3. The van der Waals surface area contributed by atoms with Gasteiger partial charge in [-0.3, -0.25) is 0 Å². The number of rotatable bonds is 27. The lowest BCUT2D eigenvalue weighted by Gasteiger charge is -2.35. The summed E-state index contributed by atoms with van der Waals surface area (Å²) in [7, 11) is -1.43. The summed E-state index contributed by atoms with van der Waals surface area (Å²) in [5, 5.41) is 1.50. The van der Waals surface area contributed by atoms with Crippen LogP contribution in [0.2, 0.25) is 19.6 Å². The molecule has 6 unspecified atom stereocenters. The highest BCUT2D eigenvalue weighted by molar-refractivity contribution is 6.88. The van der Waals surface area contributed by atoms with Crippen molar-refractivity contribution in [1.82, 2.24) is 0 Å². The Labute approximate surface area is 774 Å². The van der Waals surface area contributed by atoms with Crippen molar-refractivity contribution in [2.24, 2.45) is 0 Å². The maximum absolute atomic E-state index is 4.17. The van der Waals surface area contributed by atoms with Crippen LogP contribution in [0.5, 0.6) is 0 Å². The zero-order valence-electron chi connectivity index (χ0n) is 79.2. The van der Waals surface area contributed by atoms with E-state index in [2.05, 4.69) is 473 Å². The van der Waals surface area contributed by atoms with E-state index in [-0.39, 0.29) is 21.7 Å². The second kappa shape index (κ2) is 38.6. The Bertz CT molecular complexity index is 6200. The van der Waals surface area contributed by atoms with Crippen molar-refractivity contribution in [3.05, 3.63) is 461 Å². The van der Waals surface area contributed by atoms with Crippen LogP contribution in [0.1, 0.15) is 234 Å². The third-order valence-corrected chi connectivity index (χ3v) is 31.4. The Kier molecular flexibility index (Phi) is 26.9. The van der Waals surface area contributed by atoms with Gasteiger partial charge >= 0.3 is 0 Å². The summed E-state index contributed by atoms with van der Waals surface area (Å²) < 4.78 is 0. The van der Waals surface area contributed by atoms with Gasteiger partial charge in [-0.15, -0.1) is 19.7 Å². The minimum absolute atomic E-state index is 0.105. The summed E-state index contributed by atoms with van der Waals surface area (Å²) in [4.78, 5) is 0. The van der Waals surface area contributed by atoms with Crippen LogP contribution in [0.4, 0.5) is 0 Å². The van der Waals surface area contributed by atoms with Crippen LogP contribution in [0.25, 0.3) is 100 Å². The van der Waals surface area contributed by atoms with Crippen molar-refractivity contribution in [1.29, 1.82) is 0 Å². The molecule has 0 aromatic heterocycles. The predicted molar refractivity (Wildman–Crippen MR) is 562 cm³/mol. The Balaban J connectivity index is 0.000000142. The highest BCUT2D eigenvalue weighted by Gasteiger charge is 2.49. The lowest BCUT2D eigenvalue weighted by Crippen LogP contribution is -2.38. The normalized spacial score (nSPS) is 16.3. The fourth-order valence-electron chi connectivity index (χ4n) is 21.1. The highest BCUT2D eigenvalue weighted by Crippen LogP contribution is 2.61. The van der Waals surface area contributed by atoms with Crippen molar-refractivity contribution in [2.45, 2.75) is 206 Å². The average molecular weight is 1700 g/mol. The Morgan fingerprint density at radius 3 is 0.860 bits per heavy atom. The number of aryl methyl sites for hydroxylation is 2. The first kappa shape index (κ1) is 90.1. The summed E-state index contributed by atoms with van der Waals surface area (Å²) in [6, 6.07) is 130. The lowest BCUT2D eigenvalue weighted by atomic mass is 9.67. The highest BCUT2D eigenvalue weighted by atomic mass is 28.3. The molecule has 3 aliphatic carbocycles. The molecule has 6 atom stereocenters. The molecule has 0 aliphatic heterocycles. The van der Waals surface area contributed by atoms with E-state index in [4.69, 9.17) is 0 Å². The van der Waals surface area contributed by atoms with E-state index < -0.39 is 8.07 Å². The molecule has 0 fully saturated rings. The van der Waals surface area contributed by atoms with Gasteiger partial charge in [-0.1, -0.05) is 421 Å². The van der Waals surface area contributed by atoms with Gasteiger partial charge in [0, 0.05) is 16.2 Å². The van der Waals surface area contributed by atoms with E-state index in [1.165, 1.54) is 189 Å². The molecule has 129 heavy (non-hydrogen) atoms. The van der Waals surface area contributed by atoms with Crippen LogP contribution in [0, 0.1) is 13.8 Å². The lowest BCUT2D eigenvalue weighted by molar-refractivity contribution is 0.527. The van der Waals surface area contributed by atoms with Gasteiger partial charge in [-0.05, 0) is 316 Å². The van der Waals surface area contributed by atoms with Gasteiger partial charge in [0.05, 0.1) is 8.07 Å². The van der Waals surface area contributed by atoms with E-state index in [0.29, 0.717) is 17.8 Å². The molecule has 0 spiro atoms. The molecule has 648 valence electrons. The minimum atomic E-state index is -1.43. The molecule has 0 N–H and O–H groups in total. The fraction of sp³-hybridized carbons (Fsp3) is 0.250. The second-order valence-corrected chi connectivity index (χ2v) is 44.4. The number of allylic oxidation sites excluding steroid dienone is 3. The number of fused-ring (bicyclic) bond motifs is 9. The van der Waals surface area contributed by atoms with Crippen molar-refractivity contribution in [2.75, 3.05) is 0 Å². The van der Waals surface area contributed by atoms with E-state index >= 15 is 0 Å². The summed E-state index contributed by atoms with van der Waals surface area (Å²) in [5.74, 6) is 1.73. The van der Waals surface area contributed by atoms with Gasteiger partial charge in [0.1, 0.15) is 0 Å². The fourth-order valence-corrected chi connectivity index (χ4v) is 22.2. The van der Waals surface area contributed by atoms with Crippen LogP contribution in [-0.2, 0) is 21.7 Å². The topological polar surface area (TPSA) is 0 Å². The maximum Gasteiger partial charge on any atom is 0.0775 e. The molecule has 15 aromatic carbocycles. The van der Waals surface area contributed by atoms with Crippen molar-refractivity contribution in [3.63, 3.8) is 0 Å². The van der Waals surface area contributed by atoms with Crippen LogP contribution in [-0.4, -0.2) is 8.07 Å². The van der Waals surface area contributed by atoms with Crippen LogP contribution in [0.15, 0.2) is 378 Å². The Morgan fingerprint density at radius 2 is 0.574 bits per heavy atom. The van der Waals surface area contributed by atoms with Gasteiger partial charge < -0.3 is 0 Å². The van der Waals surface area contributed by atoms with Crippen LogP contribution >= 0.6 is 0 Å². The van der Waals surface area contributed by atoms with E-state index in [1.807, 2.05) is 0 Å². The van der Waals surface area contributed by atoms with Gasteiger partial charge in [-0.2, -0.15) is 0 Å². The zero-order valence-corrected chi connectivity index (χ0v) is 80.2. The first-order valence-electron chi connectivity index (χ1n) is 48.0. The summed E-state index contributed by atoms with van der Waals surface area (Å²) in [6.07, 6.45) is 18.0. The Morgan fingerprint density at radius 1 is 0.287 bits per heavy atom. The molecular weight excluding hydrogens is 1570 g/mol. The average Bonchev–Trinajstić information content (AvgIpc) is 1.57. The van der Waals surface area contributed by atoms with E-state index in [9.17, 15) is 0 Å². The van der Waals surface area contributed by atoms with E-state index in [0.717, 1.165) is 70.6 Å². The number of benzene rings is 15. The largest absolute Gasteiger partial charge is 0.103 e. The molecule has 18 rings (SSSR count). The molecular formula is C128H132Si. The maximum atomic E-state index is 4.17. The predicted octanol–water partition coefficient (Wildman–Crippen LogP) is 35.7. The standard InChI is InChI=1S/2C43H44.C42H44Si/c1-7-9-27-43(37-23-21-36(22-24-37)42(4,5)6)40-28-34(32-13-11-10-12-14-32)19-25-38(40)39-26-20-35(29-41(39)43)33-17-15-31(16-18-33)30(3)8-2;1-6-8-9-13-26-43(40-27-30(3)16-17-32(40)5)41-28-36(34-14-11-10-12-15-34)22-24-38(41)39-25-23-37(29-42(39)43)35-20-18-33(19-21-35)31(4)7-2;1-7-9-27-42(36-21-23-37(24-22-36)43(4,5)6)40-28-34(32-13-11-10-12-14-32)19-25-38(40)39-26-20-35(29-41(39)42)33-17-15-31(16-18-33)30(3)8-2/h7,10-26,28-30H,1,8-9,27H2,2-6H3;6,10-12,14-25,27-29,31H,1,7-9,13,26H2,2-5H3;7,10-26,28-30H,1,8-9,27H2,2-6H3. The molecule has 0 heterocycles. The number of hydrogen-bond acceptors (Lipinski definition) is 0.